The molecular formula is C22H23N3OS. The first kappa shape index (κ1) is 16.9. The third-order valence-corrected chi connectivity index (χ3v) is 6.53. The monoisotopic (exact) mass is 377 g/mol. The molecule has 5 heteroatoms. The molecule has 1 N–H and O–H groups in total. The van der Waals surface area contributed by atoms with Crippen molar-refractivity contribution in [1.82, 2.24) is 9.88 Å². The number of anilines is 1. The van der Waals surface area contributed by atoms with Gasteiger partial charge in [0.1, 0.15) is 0 Å². The number of hydrogen-bond donors (Lipinski definition) is 1. The number of carbonyl (C=O) groups excluding carboxylic acids is 1. The zero-order valence-electron chi connectivity index (χ0n) is 15.3. The molecule has 1 amide bonds. The van der Waals surface area contributed by atoms with Gasteiger partial charge in [-0.3, -0.25) is 15.0 Å². The molecule has 1 aromatic heterocycles. The number of amides is 1. The average Bonchev–Trinajstić information content (AvgIpc) is 3.31. The number of aromatic nitrogens is 1. The van der Waals surface area contributed by atoms with Gasteiger partial charge >= 0.3 is 0 Å². The minimum Gasteiger partial charge on any atom is -0.298 e. The van der Waals surface area contributed by atoms with Gasteiger partial charge in [-0.1, -0.05) is 30.7 Å². The van der Waals surface area contributed by atoms with E-state index in [1.807, 2.05) is 6.07 Å². The summed E-state index contributed by atoms with van der Waals surface area (Å²) in [5.74, 6) is -0.0653. The maximum atomic E-state index is 12.9. The van der Waals surface area contributed by atoms with E-state index in [9.17, 15) is 4.79 Å². The number of piperidine rings is 1. The fourth-order valence-corrected chi connectivity index (χ4v) is 5.09. The van der Waals surface area contributed by atoms with E-state index in [1.54, 1.807) is 0 Å². The van der Waals surface area contributed by atoms with Gasteiger partial charge in [0.05, 0.1) is 5.69 Å². The van der Waals surface area contributed by atoms with Crippen molar-refractivity contribution in [2.45, 2.75) is 38.6 Å². The molecule has 0 spiro atoms. The van der Waals surface area contributed by atoms with Gasteiger partial charge in [0.15, 0.2) is 5.13 Å². The van der Waals surface area contributed by atoms with E-state index in [0.717, 1.165) is 49.1 Å². The van der Waals surface area contributed by atoms with Crippen LogP contribution >= 0.6 is 11.3 Å². The van der Waals surface area contributed by atoms with Crippen molar-refractivity contribution in [2.75, 3.05) is 18.4 Å². The van der Waals surface area contributed by atoms with Crippen LogP contribution in [0, 0.1) is 0 Å². The topological polar surface area (TPSA) is 45.2 Å². The summed E-state index contributed by atoms with van der Waals surface area (Å²) in [5, 5.41) is 8.11. The van der Waals surface area contributed by atoms with Crippen molar-refractivity contribution in [3.8, 4) is 0 Å². The zero-order chi connectivity index (χ0) is 18.2. The molecule has 1 fully saturated rings. The molecular weight excluding hydrogens is 354 g/mol. The minimum absolute atomic E-state index is 0.0653. The Hall–Kier alpha value is -2.24. The predicted molar refractivity (Wildman–Crippen MR) is 111 cm³/mol. The molecule has 5 rings (SSSR count). The van der Waals surface area contributed by atoms with Gasteiger partial charge in [0.25, 0.3) is 5.91 Å². The highest BCUT2D eigenvalue weighted by Gasteiger charge is 2.19. The van der Waals surface area contributed by atoms with Crippen LogP contribution < -0.4 is 5.32 Å². The molecule has 2 heterocycles. The summed E-state index contributed by atoms with van der Waals surface area (Å²) >= 11 is 1.52. The summed E-state index contributed by atoms with van der Waals surface area (Å²) in [4.78, 5) is 20.0. The molecule has 1 aliphatic carbocycles. The standard InChI is InChI=1S/C22H23N3OS/c26-21(19-10-9-16-8-7-15-5-4-6-18(19)20(15)16)24-22-23-17(14-27-22)13-25-11-2-1-3-12-25/h4-6,9-10,14H,1-3,7-8,11-13H2,(H,23,24,26). The molecule has 0 radical (unpaired) electrons. The van der Waals surface area contributed by atoms with Crippen LogP contribution in [0.4, 0.5) is 5.13 Å². The van der Waals surface area contributed by atoms with E-state index in [1.165, 1.54) is 47.1 Å². The summed E-state index contributed by atoms with van der Waals surface area (Å²) < 4.78 is 0. The fraction of sp³-hybridized carbons (Fsp3) is 0.364. The van der Waals surface area contributed by atoms with Gasteiger partial charge in [0.2, 0.25) is 0 Å². The van der Waals surface area contributed by atoms with Crippen LogP contribution in [0.1, 0.15) is 46.4 Å². The third-order valence-electron chi connectivity index (χ3n) is 5.73. The van der Waals surface area contributed by atoms with Crippen molar-refractivity contribution >= 4 is 33.1 Å². The van der Waals surface area contributed by atoms with E-state index in [2.05, 4.69) is 44.8 Å². The smallest absolute Gasteiger partial charge is 0.258 e. The van der Waals surface area contributed by atoms with Crippen molar-refractivity contribution in [1.29, 1.82) is 0 Å². The molecule has 3 aromatic rings. The molecule has 27 heavy (non-hydrogen) atoms. The van der Waals surface area contributed by atoms with Crippen LogP contribution in [-0.4, -0.2) is 28.9 Å². The van der Waals surface area contributed by atoms with Crippen LogP contribution in [0.3, 0.4) is 0 Å². The largest absolute Gasteiger partial charge is 0.298 e. The molecule has 2 aromatic carbocycles. The average molecular weight is 378 g/mol. The molecule has 0 atom stereocenters. The van der Waals surface area contributed by atoms with Crippen LogP contribution in [0.15, 0.2) is 35.7 Å². The molecule has 1 saturated heterocycles. The zero-order valence-corrected chi connectivity index (χ0v) is 16.1. The van der Waals surface area contributed by atoms with Crippen LogP contribution in [0.2, 0.25) is 0 Å². The third kappa shape index (κ3) is 3.26. The van der Waals surface area contributed by atoms with Crippen LogP contribution in [-0.2, 0) is 19.4 Å². The van der Waals surface area contributed by atoms with Crippen LogP contribution in [0.25, 0.3) is 10.8 Å². The second-order valence-electron chi connectivity index (χ2n) is 7.55. The maximum Gasteiger partial charge on any atom is 0.258 e. The number of thiazole rings is 1. The van der Waals surface area contributed by atoms with E-state index < -0.39 is 0 Å². The molecule has 4 nitrogen and oxygen atoms in total. The van der Waals surface area contributed by atoms with Crippen molar-refractivity contribution in [3.05, 3.63) is 58.1 Å². The lowest BCUT2D eigenvalue weighted by atomic mass is 9.99. The first-order chi connectivity index (χ1) is 13.3. The Kier molecular flexibility index (Phi) is 4.42. The highest BCUT2D eigenvalue weighted by molar-refractivity contribution is 7.14. The van der Waals surface area contributed by atoms with E-state index in [0.29, 0.717) is 5.13 Å². The highest BCUT2D eigenvalue weighted by Crippen LogP contribution is 2.33. The van der Waals surface area contributed by atoms with Crippen molar-refractivity contribution < 1.29 is 4.79 Å². The summed E-state index contributed by atoms with van der Waals surface area (Å²) in [5.41, 5.74) is 4.51. The Bertz CT molecular complexity index is 994. The maximum absolute atomic E-state index is 12.9. The lowest BCUT2D eigenvalue weighted by Crippen LogP contribution is -2.29. The Morgan fingerprint density at radius 2 is 1.89 bits per heavy atom. The Labute approximate surface area is 163 Å². The van der Waals surface area contributed by atoms with E-state index in [-0.39, 0.29) is 5.91 Å². The lowest BCUT2D eigenvalue weighted by Gasteiger charge is -2.25. The highest BCUT2D eigenvalue weighted by atomic mass is 32.1. The molecule has 2 aliphatic rings. The van der Waals surface area contributed by atoms with Gasteiger partial charge in [-0.05, 0) is 66.7 Å². The second-order valence-corrected chi connectivity index (χ2v) is 8.40. The number of nitrogens with one attached hydrogen (secondary N) is 1. The summed E-state index contributed by atoms with van der Waals surface area (Å²) in [6.45, 7) is 3.19. The van der Waals surface area contributed by atoms with Gasteiger partial charge < -0.3 is 0 Å². The first-order valence-electron chi connectivity index (χ1n) is 9.79. The Morgan fingerprint density at radius 1 is 1.07 bits per heavy atom. The predicted octanol–water partition coefficient (Wildman–Crippen LogP) is 4.63. The molecule has 0 saturated carbocycles. The van der Waals surface area contributed by atoms with Gasteiger partial charge in [0, 0.05) is 17.5 Å². The minimum atomic E-state index is -0.0653. The lowest BCUT2D eigenvalue weighted by molar-refractivity contribution is 0.102. The number of hydrogen-bond acceptors (Lipinski definition) is 4. The van der Waals surface area contributed by atoms with Crippen molar-refractivity contribution in [3.63, 3.8) is 0 Å². The number of benzene rings is 2. The van der Waals surface area contributed by atoms with Crippen LogP contribution in [0.5, 0.6) is 0 Å². The number of carbonyl (C=O) groups is 1. The number of rotatable bonds is 4. The quantitative estimate of drug-likeness (QED) is 0.721. The van der Waals surface area contributed by atoms with Crippen molar-refractivity contribution in [2.24, 2.45) is 0 Å². The summed E-state index contributed by atoms with van der Waals surface area (Å²) in [6.07, 6.45) is 6.04. The summed E-state index contributed by atoms with van der Waals surface area (Å²) in [6, 6.07) is 10.4. The molecule has 1 aliphatic heterocycles. The van der Waals surface area contributed by atoms with Gasteiger partial charge in [-0.15, -0.1) is 11.3 Å². The molecule has 0 bridgehead atoms. The van der Waals surface area contributed by atoms with E-state index >= 15 is 0 Å². The van der Waals surface area contributed by atoms with E-state index in [4.69, 9.17) is 0 Å². The normalized spacial score (nSPS) is 16.7. The molecule has 0 unspecified atom stereocenters. The SMILES string of the molecule is O=C(Nc1nc(CN2CCCCC2)cs1)c1ccc2c3c(cccc13)CC2. The summed E-state index contributed by atoms with van der Waals surface area (Å²) in [7, 11) is 0. The first-order valence-corrected chi connectivity index (χ1v) is 10.7. The fourth-order valence-electron chi connectivity index (χ4n) is 4.39. The Balaban J connectivity index is 1.35. The van der Waals surface area contributed by atoms with Gasteiger partial charge in [-0.2, -0.15) is 0 Å². The molecule has 138 valence electrons. The number of aryl methyl sites for hydroxylation is 2. The number of likely N-dealkylation sites (tertiary alicyclic amines) is 1. The second kappa shape index (κ2) is 7.06. The van der Waals surface area contributed by atoms with Gasteiger partial charge in [-0.25, -0.2) is 4.98 Å². The number of nitrogens with zero attached hydrogens (tertiary/aromatic N) is 2. The Morgan fingerprint density at radius 3 is 2.74 bits per heavy atom.